The number of nitrogens with zero attached hydrogens (tertiary/aromatic N) is 2. The van der Waals surface area contributed by atoms with Gasteiger partial charge < -0.3 is 5.32 Å². The van der Waals surface area contributed by atoms with Crippen molar-refractivity contribution < 1.29 is 4.79 Å². The maximum atomic E-state index is 11.9. The molecule has 0 spiro atoms. The zero-order chi connectivity index (χ0) is 15.4. The van der Waals surface area contributed by atoms with Crippen LogP contribution in [0.1, 0.15) is 15.2 Å². The summed E-state index contributed by atoms with van der Waals surface area (Å²) in [5, 5.41) is 7.09. The summed E-state index contributed by atoms with van der Waals surface area (Å²) in [6.07, 6.45) is 4.44. The number of benzene rings is 1. The minimum Gasteiger partial charge on any atom is -0.351 e. The van der Waals surface area contributed by atoms with Gasteiger partial charge in [0, 0.05) is 18.9 Å². The number of hydrogen-bond donors (Lipinski definition) is 1. The Balaban J connectivity index is 1.52. The number of amides is 1. The van der Waals surface area contributed by atoms with Crippen LogP contribution >= 0.6 is 22.9 Å². The average Bonchev–Trinajstić information content (AvgIpc) is 3.19. The van der Waals surface area contributed by atoms with E-state index in [4.69, 9.17) is 11.6 Å². The molecule has 4 nitrogen and oxygen atoms in total. The van der Waals surface area contributed by atoms with Crippen LogP contribution in [0.2, 0.25) is 4.34 Å². The maximum absolute atomic E-state index is 11.9. The summed E-state index contributed by atoms with van der Waals surface area (Å²) in [5.41, 5.74) is 2.19. The van der Waals surface area contributed by atoms with Crippen LogP contribution in [0.15, 0.2) is 54.9 Å². The lowest BCUT2D eigenvalue weighted by Crippen LogP contribution is -2.24. The summed E-state index contributed by atoms with van der Waals surface area (Å²) in [7, 11) is 0. The van der Waals surface area contributed by atoms with E-state index >= 15 is 0 Å². The Morgan fingerprint density at radius 3 is 2.68 bits per heavy atom. The van der Waals surface area contributed by atoms with Crippen LogP contribution in [0.4, 0.5) is 0 Å². The SMILES string of the molecule is O=C(NCCc1ccc(-n2cccn2)cc1)c1ccc(Cl)s1. The van der Waals surface area contributed by atoms with Gasteiger partial charge in [0.25, 0.3) is 5.91 Å². The van der Waals surface area contributed by atoms with Crippen molar-refractivity contribution in [2.75, 3.05) is 6.54 Å². The van der Waals surface area contributed by atoms with Crippen molar-refractivity contribution in [3.05, 3.63) is 69.6 Å². The molecule has 0 radical (unpaired) electrons. The van der Waals surface area contributed by atoms with E-state index in [2.05, 4.69) is 10.4 Å². The van der Waals surface area contributed by atoms with Crippen molar-refractivity contribution in [3.8, 4) is 5.69 Å². The van der Waals surface area contributed by atoms with Crippen LogP contribution in [-0.4, -0.2) is 22.2 Å². The second-order valence-electron chi connectivity index (χ2n) is 4.73. The number of carbonyl (C=O) groups is 1. The highest BCUT2D eigenvalue weighted by Gasteiger charge is 2.07. The topological polar surface area (TPSA) is 46.9 Å². The number of nitrogens with one attached hydrogen (secondary N) is 1. The van der Waals surface area contributed by atoms with Gasteiger partial charge in [0.05, 0.1) is 14.9 Å². The summed E-state index contributed by atoms with van der Waals surface area (Å²) in [5.74, 6) is -0.0786. The number of hydrogen-bond acceptors (Lipinski definition) is 3. The molecular formula is C16H14ClN3OS. The van der Waals surface area contributed by atoms with Gasteiger partial charge in [0.15, 0.2) is 0 Å². The highest BCUT2D eigenvalue weighted by molar-refractivity contribution is 7.17. The molecule has 0 bridgehead atoms. The first-order valence-electron chi connectivity index (χ1n) is 6.85. The van der Waals surface area contributed by atoms with E-state index in [1.807, 2.05) is 41.2 Å². The summed E-state index contributed by atoms with van der Waals surface area (Å²) < 4.78 is 2.44. The molecule has 2 heterocycles. The Morgan fingerprint density at radius 2 is 2.05 bits per heavy atom. The third-order valence-corrected chi connectivity index (χ3v) is 4.43. The Bertz CT molecular complexity index is 750. The van der Waals surface area contributed by atoms with E-state index in [1.54, 1.807) is 18.3 Å². The van der Waals surface area contributed by atoms with Crippen LogP contribution in [0.25, 0.3) is 5.69 Å². The fourth-order valence-electron chi connectivity index (χ4n) is 2.08. The molecule has 0 aliphatic heterocycles. The third-order valence-electron chi connectivity index (χ3n) is 3.20. The summed E-state index contributed by atoms with van der Waals surface area (Å²) in [6.45, 7) is 0.593. The van der Waals surface area contributed by atoms with E-state index in [-0.39, 0.29) is 5.91 Å². The van der Waals surface area contributed by atoms with Gasteiger partial charge in [-0.2, -0.15) is 5.10 Å². The molecule has 0 aliphatic rings. The predicted octanol–water partition coefficient (Wildman–Crippen LogP) is 3.56. The second kappa shape index (κ2) is 6.77. The summed E-state index contributed by atoms with van der Waals surface area (Å²) in [6, 6.07) is 13.5. The van der Waals surface area contributed by atoms with E-state index < -0.39 is 0 Å². The Labute approximate surface area is 137 Å². The molecule has 22 heavy (non-hydrogen) atoms. The van der Waals surface area contributed by atoms with Crippen LogP contribution in [0.5, 0.6) is 0 Å². The van der Waals surface area contributed by atoms with Gasteiger partial charge in [-0.15, -0.1) is 11.3 Å². The Kier molecular flexibility index (Phi) is 4.56. The Hall–Kier alpha value is -2.11. The predicted molar refractivity (Wildman–Crippen MR) is 88.9 cm³/mol. The number of carbonyl (C=O) groups excluding carboxylic acids is 1. The highest BCUT2D eigenvalue weighted by Crippen LogP contribution is 2.21. The quantitative estimate of drug-likeness (QED) is 0.777. The molecule has 2 aromatic heterocycles. The molecule has 0 saturated heterocycles. The van der Waals surface area contributed by atoms with Gasteiger partial charge in [-0.25, -0.2) is 4.68 Å². The van der Waals surface area contributed by atoms with Gasteiger partial charge >= 0.3 is 0 Å². The molecule has 0 aliphatic carbocycles. The molecule has 0 atom stereocenters. The number of thiophene rings is 1. The van der Waals surface area contributed by atoms with Crippen LogP contribution in [-0.2, 0) is 6.42 Å². The van der Waals surface area contributed by atoms with Crippen molar-refractivity contribution in [1.82, 2.24) is 15.1 Å². The van der Waals surface area contributed by atoms with Crippen molar-refractivity contribution in [1.29, 1.82) is 0 Å². The number of halogens is 1. The average molecular weight is 332 g/mol. The smallest absolute Gasteiger partial charge is 0.261 e. The van der Waals surface area contributed by atoms with Gasteiger partial charge in [-0.3, -0.25) is 4.79 Å². The van der Waals surface area contributed by atoms with E-state index in [0.29, 0.717) is 15.8 Å². The first-order valence-corrected chi connectivity index (χ1v) is 8.04. The molecule has 3 rings (SSSR count). The molecule has 3 aromatic rings. The highest BCUT2D eigenvalue weighted by atomic mass is 35.5. The largest absolute Gasteiger partial charge is 0.351 e. The van der Waals surface area contributed by atoms with Crippen LogP contribution < -0.4 is 5.32 Å². The number of aromatic nitrogens is 2. The third kappa shape index (κ3) is 3.55. The van der Waals surface area contributed by atoms with E-state index in [9.17, 15) is 4.79 Å². The first kappa shape index (κ1) is 14.8. The zero-order valence-electron chi connectivity index (χ0n) is 11.7. The molecule has 0 unspecified atom stereocenters. The molecule has 0 saturated carbocycles. The maximum Gasteiger partial charge on any atom is 0.261 e. The molecule has 1 amide bonds. The summed E-state index contributed by atoms with van der Waals surface area (Å²) in [4.78, 5) is 12.5. The minimum atomic E-state index is -0.0786. The van der Waals surface area contributed by atoms with Gasteiger partial charge in [0.1, 0.15) is 0 Å². The molecule has 112 valence electrons. The summed E-state index contributed by atoms with van der Waals surface area (Å²) >= 11 is 7.11. The standard InChI is InChI=1S/C16H14ClN3OS/c17-15-7-6-14(22-15)16(21)18-10-8-12-2-4-13(5-3-12)20-11-1-9-19-20/h1-7,9,11H,8,10H2,(H,18,21). The fraction of sp³-hybridized carbons (Fsp3) is 0.125. The molecule has 1 N–H and O–H groups in total. The van der Waals surface area contributed by atoms with Crippen LogP contribution in [0, 0.1) is 0 Å². The van der Waals surface area contributed by atoms with Crippen molar-refractivity contribution >= 4 is 28.8 Å². The first-order chi connectivity index (χ1) is 10.7. The van der Waals surface area contributed by atoms with Gasteiger partial charge in [0.2, 0.25) is 0 Å². The van der Waals surface area contributed by atoms with E-state index in [0.717, 1.165) is 12.1 Å². The zero-order valence-corrected chi connectivity index (χ0v) is 13.3. The lowest BCUT2D eigenvalue weighted by Gasteiger charge is -2.06. The van der Waals surface area contributed by atoms with Crippen LogP contribution in [0.3, 0.4) is 0 Å². The van der Waals surface area contributed by atoms with Crippen molar-refractivity contribution in [3.63, 3.8) is 0 Å². The normalized spacial score (nSPS) is 10.6. The van der Waals surface area contributed by atoms with Gasteiger partial charge in [-0.1, -0.05) is 23.7 Å². The second-order valence-corrected chi connectivity index (χ2v) is 6.44. The lowest BCUT2D eigenvalue weighted by molar-refractivity contribution is 0.0958. The Morgan fingerprint density at radius 1 is 1.23 bits per heavy atom. The number of rotatable bonds is 5. The van der Waals surface area contributed by atoms with Gasteiger partial charge in [-0.05, 0) is 42.3 Å². The van der Waals surface area contributed by atoms with E-state index in [1.165, 1.54) is 16.9 Å². The molecule has 0 fully saturated rings. The lowest BCUT2D eigenvalue weighted by atomic mass is 10.1. The van der Waals surface area contributed by atoms with Crippen molar-refractivity contribution in [2.24, 2.45) is 0 Å². The van der Waals surface area contributed by atoms with Crippen molar-refractivity contribution in [2.45, 2.75) is 6.42 Å². The minimum absolute atomic E-state index is 0.0786. The molecular weight excluding hydrogens is 318 g/mol. The fourth-order valence-corrected chi connectivity index (χ4v) is 3.04. The monoisotopic (exact) mass is 331 g/mol. The molecule has 1 aromatic carbocycles. The molecule has 6 heteroatoms.